The van der Waals surface area contributed by atoms with Gasteiger partial charge in [-0.3, -0.25) is 0 Å². The summed E-state index contributed by atoms with van der Waals surface area (Å²) in [6, 6.07) is 18.7. The molecule has 1 nitrogen and oxygen atoms in total. The molecule has 206 valence electrons. The first-order valence-electron chi connectivity index (χ1n) is 11.9. The van der Waals surface area contributed by atoms with E-state index in [4.69, 9.17) is 0 Å². The van der Waals surface area contributed by atoms with Crippen LogP contribution in [0.25, 0.3) is 28.1 Å². The monoisotopic (exact) mass is 560 g/mol. The van der Waals surface area contributed by atoms with E-state index in [1.807, 2.05) is 12.1 Å². The van der Waals surface area contributed by atoms with Gasteiger partial charge in [-0.05, 0) is 64.9 Å². The van der Waals surface area contributed by atoms with Gasteiger partial charge in [-0.2, -0.15) is 0 Å². The summed E-state index contributed by atoms with van der Waals surface area (Å²) in [6.07, 6.45) is -3.20. The number of benzene rings is 4. The zero-order valence-electron chi connectivity index (χ0n) is 20.6. The van der Waals surface area contributed by atoms with Crippen LogP contribution in [0.2, 0.25) is 0 Å². The van der Waals surface area contributed by atoms with Crippen LogP contribution in [-0.4, -0.2) is 6.36 Å². The number of rotatable bonds is 8. The first kappa shape index (κ1) is 28.6. The van der Waals surface area contributed by atoms with Gasteiger partial charge in [-0.1, -0.05) is 67.2 Å². The molecule has 0 unspecified atom stereocenters. The minimum absolute atomic E-state index is 0.117. The average Bonchev–Trinajstić information content (AvgIpc) is 2.93. The highest BCUT2D eigenvalue weighted by Gasteiger charge is 2.34. The number of ether oxygens (including phenoxy) is 1. The van der Waals surface area contributed by atoms with Gasteiger partial charge in [0.1, 0.15) is 5.82 Å². The summed E-state index contributed by atoms with van der Waals surface area (Å²) in [6.45, 7) is 3.20. The third-order valence-corrected chi connectivity index (χ3v) is 6.08. The van der Waals surface area contributed by atoms with Gasteiger partial charge in [-0.15, -0.1) is 13.2 Å². The van der Waals surface area contributed by atoms with E-state index in [2.05, 4.69) is 11.3 Å². The minimum atomic E-state index is -5.29. The molecule has 0 amide bonds. The predicted molar refractivity (Wildman–Crippen MR) is 137 cm³/mol. The summed E-state index contributed by atoms with van der Waals surface area (Å²) in [7, 11) is 0. The highest BCUT2D eigenvalue weighted by Crippen LogP contribution is 2.35. The second-order valence-corrected chi connectivity index (χ2v) is 8.77. The first-order valence-corrected chi connectivity index (χ1v) is 11.9. The molecular weight excluding hydrogens is 540 g/mol. The van der Waals surface area contributed by atoms with E-state index in [1.54, 1.807) is 24.3 Å². The van der Waals surface area contributed by atoms with E-state index < -0.39 is 41.2 Å². The van der Waals surface area contributed by atoms with Crippen molar-refractivity contribution in [2.24, 2.45) is 0 Å². The molecule has 0 bridgehead atoms. The zero-order chi connectivity index (χ0) is 29.0. The Kier molecular flexibility index (Phi) is 8.42. The number of alkyl halides is 3. The third kappa shape index (κ3) is 6.77. The molecule has 0 radical (unpaired) electrons. The number of allylic oxidation sites excluding steroid dienone is 2. The van der Waals surface area contributed by atoms with Gasteiger partial charge in [0.05, 0.1) is 0 Å². The van der Waals surface area contributed by atoms with Crippen LogP contribution in [0.15, 0.2) is 97.3 Å². The lowest BCUT2D eigenvalue weighted by Gasteiger charge is -2.13. The molecule has 0 aliphatic carbocycles. The van der Waals surface area contributed by atoms with Crippen molar-refractivity contribution in [2.75, 3.05) is 0 Å². The molecule has 0 spiro atoms. The highest BCUT2D eigenvalue weighted by molar-refractivity contribution is 5.72. The van der Waals surface area contributed by atoms with E-state index in [1.165, 1.54) is 24.3 Å². The molecule has 0 aliphatic heterocycles. The minimum Gasteiger partial charge on any atom is -0.399 e. The van der Waals surface area contributed by atoms with Gasteiger partial charge in [0.25, 0.3) is 0 Å². The topological polar surface area (TPSA) is 9.23 Å². The molecule has 0 atom stereocenters. The van der Waals surface area contributed by atoms with Crippen molar-refractivity contribution in [3.63, 3.8) is 0 Å². The highest BCUT2D eigenvalue weighted by atomic mass is 19.4. The van der Waals surface area contributed by atoms with Crippen molar-refractivity contribution in [3.8, 4) is 28.0 Å². The Hall–Kier alpha value is -4.40. The zero-order valence-corrected chi connectivity index (χ0v) is 20.6. The summed E-state index contributed by atoms with van der Waals surface area (Å²) in [4.78, 5) is 0. The molecule has 0 heterocycles. The van der Waals surface area contributed by atoms with Crippen LogP contribution in [0, 0.1) is 17.5 Å². The van der Waals surface area contributed by atoms with Crippen LogP contribution in [0.4, 0.5) is 35.1 Å². The van der Waals surface area contributed by atoms with Crippen LogP contribution in [-0.2, 0) is 12.8 Å². The first-order chi connectivity index (χ1) is 18.9. The van der Waals surface area contributed by atoms with E-state index in [9.17, 15) is 35.1 Å². The van der Waals surface area contributed by atoms with Crippen LogP contribution in [0.3, 0.4) is 0 Å². The predicted octanol–water partition coefficient (Wildman–Crippen LogP) is 9.92. The lowest BCUT2D eigenvalue weighted by molar-refractivity contribution is -0.276. The van der Waals surface area contributed by atoms with Gasteiger partial charge in [-0.25, -0.2) is 22.0 Å². The second kappa shape index (κ2) is 11.8. The molecule has 4 rings (SSSR count). The van der Waals surface area contributed by atoms with Crippen molar-refractivity contribution in [1.82, 2.24) is 0 Å². The van der Waals surface area contributed by atoms with Crippen molar-refractivity contribution in [2.45, 2.75) is 19.2 Å². The number of halogens is 8. The number of aryl methyl sites for hydroxylation is 2. The summed E-state index contributed by atoms with van der Waals surface area (Å²) in [5.74, 6) is -7.68. The average molecular weight is 560 g/mol. The maximum atomic E-state index is 14.9. The summed E-state index contributed by atoms with van der Waals surface area (Å²) in [5.41, 5.74) is 2.65. The fourth-order valence-corrected chi connectivity index (χ4v) is 4.06. The van der Waals surface area contributed by atoms with Gasteiger partial charge in [0.2, 0.25) is 5.75 Å². The second-order valence-electron chi connectivity index (χ2n) is 8.77. The van der Waals surface area contributed by atoms with Gasteiger partial charge in [0.15, 0.2) is 23.3 Å². The Labute approximate surface area is 224 Å². The quantitative estimate of drug-likeness (QED) is 0.154. The van der Waals surface area contributed by atoms with Crippen LogP contribution >= 0.6 is 0 Å². The molecule has 4 aromatic carbocycles. The van der Waals surface area contributed by atoms with E-state index in [0.717, 1.165) is 23.3 Å². The number of hydrogen-bond donors (Lipinski definition) is 0. The van der Waals surface area contributed by atoms with Gasteiger partial charge < -0.3 is 4.74 Å². The summed E-state index contributed by atoms with van der Waals surface area (Å²) < 4.78 is 111. The Morgan fingerprint density at radius 2 is 1.18 bits per heavy atom. The molecule has 0 fully saturated rings. The van der Waals surface area contributed by atoms with Crippen LogP contribution in [0.1, 0.15) is 16.7 Å². The fraction of sp³-hybridized carbons (Fsp3) is 0.0968. The molecule has 0 saturated heterocycles. The molecule has 0 N–H and O–H groups in total. The Morgan fingerprint density at radius 1 is 0.675 bits per heavy atom. The Bertz CT molecular complexity index is 1530. The molecular formula is C31H20F8O. The van der Waals surface area contributed by atoms with Crippen LogP contribution < -0.4 is 4.74 Å². The maximum absolute atomic E-state index is 14.9. The molecule has 0 aliphatic rings. The van der Waals surface area contributed by atoms with Crippen molar-refractivity contribution in [3.05, 3.63) is 131 Å². The lowest BCUT2D eigenvalue weighted by atomic mass is 9.97. The molecule has 0 aromatic heterocycles. The standard InChI is InChI=1S/C31H20F8O/c1-2-25(32)29(36)21-11-7-19(8-12-21)4-3-18-5-9-20(10-6-18)22-13-14-24(26(33)15-22)23-16-27(34)30(28(35)17-23)40-31(37,38)39/h2,5-17H,1,3-4H2. The van der Waals surface area contributed by atoms with E-state index in [-0.39, 0.29) is 16.7 Å². The van der Waals surface area contributed by atoms with E-state index >= 15 is 0 Å². The Balaban J connectivity index is 1.45. The molecule has 40 heavy (non-hydrogen) atoms. The smallest absolute Gasteiger partial charge is 0.399 e. The summed E-state index contributed by atoms with van der Waals surface area (Å²) >= 11 is 0. The third-order valence-electron chi connectivity index (χ3n) is 6.08. The van der Waals surface area contributed by atoms with Gasteiger partial charge in [0, 0.05) is 11.1 Å². The van der Waals surface area contributed by atoms with Crippen LogP contribution in [0.5, 0.6) is 5.75 Å². The van der Waals surface area contributed by atoms with Gasteiger partial charge >= 0.3 is 6.36 Å². The fourth-order valence-electron chi connectivity index (χ4n) is 4.06. The van der Waals surface area contributed by atoms with Crippen molar-refractivity contribution >= 4 is 5.83 Å². The Morgan fingerprint density at radius 3 is 1.68 bits per heavy atom. The number of hydrogen-bond acceptors (Lipinski definition) is 1. The van der Waals surface area contributed by atoms with E-state index in [0.29, 0.717) is 36.1 Å². The molecule has 0 saturated carbocycles. The van der Waals surface area contributed by atoms with Crippen molar-refractivity contribution < 1.29 is 39.9 Å². The normalized spacial score (nSPS) is 12.2. The SMILES string of the molecule is C=CC(F)=C(F)c1ccc(CCc2ccc(-c3ccc(-c4cc(F)c(OC(F)(F)F)c(F)c4)c(F)c3)cc2)cc1. The van der Waals surface area contributed by atoms with Crippen molar-refractivity contribution in [1.29, 1.82) is 0 Å². The molecule has 9 heteroatoms. The maximum Gasteiger partial charge on any atom is 0.573 e. The lowest BCUT2D eigenvalue weighted by Crippen LogP contribution is -2.19. The summed E-state index contributed by atoms with van der Waals surface area (Å²) in [5, 5.41) is 0. The molecule has 4 aromatic rings. The largest absolute Gasteiger partial charge is 0.573 e.